The van der Waals surface area contributed by atoms with E-state index in [2.05, 4.69) is 9.97 Å². The van der Waals surface area contributed by atoms with Crippen molar-refractivity contribution in [1.29, 1.82) is 0 Å². The highest BCUT2D eigenvalue weighted by atomic mass is 19.1. The van der Waals surface area contributed by atoms with Crippen molar-refractivity contribution in [3.05, 3.63) is 53.4 Å². The number of aryl methyl sites for hydroxylation is 1. The van der Waals surface area contributed by atoms with Gasteiger partial charge in [-0.15, -0.1) is 0 Å². The number of halogens is 1. The first-order valence-corrected chi connectivity index (χ1v) is 5.28. The Morgan fingerprint density at radius 3 is 2.50 bits per heavy atom. The number of carbonyl (C=O) groups is 1. The molecule has 92 valence electrons. The van der Waals surface area contributed by atoms with E-state index >= 15 is 0 Å². The zero-order valence-corrected chi connectivity index (χ0v) is 9.98. The van der Waals surface area contributed by atoms with Crippen molar-refractivity contribution in [1.82, 2.24) is 9.97 Å². The predicted molar refractivity (Wildman–Crippen MR) is 63.2 cm³/mol. The second-order valence-electron chi connectivity index (χ2n) is 3.76. The molecule has 0 amide bonds. The highest BCUT2D eigenvalue weighted by Gasteiger charge is 2.16. The van der Waals surface area contributed by atoms with Gasteiger partial charge in [-0.1, -0.05) is 0 Å². The number of nitrogens with zero attached hydrogens (tertiary/aromatic N) is 2. The van der Waals surface area contributed by atoms with Gasteiger partial charge in [0.2, 0.25) is 11.6 Å². The Kier molecular flexibility index (Phi) is 3.32. The lowest BCUT2D eigenvalue weighted by Gasteiger charge is -2.04. The van der Waals surface area contributed by atoms with E-state index in [1.54, 1.807) is 0 Å². The van der Waals surface area contributed by atoms with Gasteiger partial charge in [0.25, 0.3) is 0 Å². The number of ether oxygens (including phenoxy) is 1. The third-order valence-corrected chi connectivity index (χ3v) is 2.40. The first kappa shape index (κ1) is 12.2. The second-order valence-corrected chi connectivity index (χ2v) is 3.76. The fourth-order valence-corrected chi connectivity index (χ4v) is 1.44. The van der Waals surface area contributed by atoms with Crippen LogP contribution in [0.25, 0.3) is 0 Å². The van der Waals surface area contributed by atoms with Crippen molar-refractivity contribution in [3.63, 3.8) is 0 Å². The zero-order valence-electron chi connectivity index (χ0n) is 9.98. The second kappa shape index (κ2) is 4.91. The Morgan fingerprint density at radius 2 is 1.94 bits per heavy atom. The van der Waals surface area contributed by atoms with Crippen LogP contribution in [0.4, 0.5) is 4.39 Å². The van der Waals surface area contributed by atoms with Crippen LogP contribution in [0, 0.1) is 12.7 Å². The molecule has 2 rings (SSSR count). The molecule has 0 saturated heterocycles. The number of benzene rings is 1. The lowest BCUT2D eigenvalue weighted by Crippen LogP contribution is -2.09. The van der Waals surface area contributed by atoms with Crippen LogP contribution in [0.5, 0.6) is 5.75 Å². The zero-order chi connectivity index (χ0) is 13.1. The molecule has 4 nitrogen and oxygen atoms in total. The standard InChI is InChI=1S/C13H11FN2O2/c1-8-6-15-13(16-7-8)12(17)10-4-3-9(18-2)5-11(10)14/h3-7H,1-2H3. The van der Waals surface area contributed by atoms with Crippen LogP contribution in [0.1, 0.15) is 21.7 Å². The number of rotatable bonds is 3. The number of carbonyl (C=O) groups excluding carboxylic acids is 1. The topological polar surface area (TPSA) is 52.1 Å². The summed E-state index contributed by atoms with van der Waals surface area (Å²) in [4.78, 5) is 19.7. The molecule has 0 aliphatic heterocycles. The van der Waals surface area contributed by atoms with Crippen LogP contribution >= 0.6 is 0 Å². The van der Waals surface area contributed by atoms with Crippen molar-refractivity contribution in [3.8, 4) is 5.75 Å². The SMILES string of the molecule is COc1ccc(C(=O)c2ncc(C)cn2)c(F)c1. The van der Waals surface area contributed by atoms with E-state index in [4.69, 9.17) is 4.74 Å². The predicted octanol–water partition coefficient (Wildman–Crippen LogP) is 2.16. The first-order chi connectivity index (χ1) is 8.61. The number of hydrogen-bond acceptors (Lipinski definition) is 4. The minimum Gasteiger partial charge on any atom is -0.497 e. The van der Waals surface area contributed by atoms with Crippen molar-refractivity contribution in [2.24, 2.45) is 0 Å². The molecule has 0 atom stereocenters. The number of methoxy groups -OCH3 is 1. The Labute approximate surface area is 103 Å². The molecular formula is C13H11FN2O2. The Morgan fingerprint density at radius 1 is 1.28 bits per heavy atom. The summed E-state index contributed by atoms with van der Waals surface area (Å²) in [7, 11) is 1.43. The fourth-order valence-electron chi connectivity index (χ4n) is 1.44. The molecule has 0 bridgehead atoms. The normalized spacial score (nSPS) is 10.2. The number of hydrogen-bond donors (Lipinski definition) is 0. The average molecular weight is 246 g/mol. The maximum absolute atomic E-state index is 13.7. The van der Waals surface area contributed by atoms with E-state index in [0.717, 1.165) is 11.6 Å². The summed E-state index contributed by atoms with van der Waals surface area (Å²) in [5, 5.41) is 0. The molecule has 1 heterocycles. The van der Waals surface area contributed by atoms with Crippen molar-refractivity contribution in [2.75, 3.05) is 7.11 Å². The fraction of sp³-hybridized carbons (Fsp3) is 0.154. The number of aromatic nitrogens is 2. The quantitative estimate of drug-likeness (QED) is 0.779. The van der Waals surface area contributed by atoms with Crippen molar-refractivity contribution < 1.29 is 13.9 Å². The minimum absolute atomic E-state index is 0.0235. The smallest absolute Gasteiger partial charge is 0.233 e. The Bertz CT molecular complexity index is 582. The average Bonchev–Trinajstić information content (AvgIpc) is 2.38. The summed E-state index contributed by atoms with van der Waals surface area (Å²) in [6.07, 6.45) is 3.03. The van der Waals surface area contributed by atoms with Gasteiger partial charge in [0.1, 0.15) is 11.6 Å². The van der Waals surface area contributed by atoms with Crippen LogP contribution in [0.15, 0.2) is 30.6 Å². The maximum atomic E-state index is 13.7. The van der Waals surface area contributed by atoms with E-state index in [9.17, 15) is 9.18 Å². The van der Waals surface area contributed by atoms with Gasteiger partial charge in [0, 0.05) is 18.5 Å². The van der Waals surface area contributed by atoms with Gasteiger partial charge in [0.15, 0.2) is 0 Å². The molecule has 0 radical (unpaired) electrons. The summed E-state index contributed by atoms with van der Waals surface area (Å²) in [5.41, 5.74) is 0.765. The van der Waals surface area contributed by atoms with Gasteiger partial charge in [-0.3, -0.25) is 4.79 Å². The number of ketones is 1. The Balaban J connectivity index is 2.37. The monoisotopic (exact) mass is 246 g/mol. The lowest BCUT2D eigenvalue weighted by atomic mass is 10.1. The van der Waals surface area contributed by atoms with Crippen molar-refractivity contribution >= 4 is 5.78 Å². The first-order valence-electron chi connectivity index (χ1n) is 5.28. The lowest BCUT2D eigenvalue weighted by molar-refractivity contribution is 0.102. The molecule has 0 fully saturated rings. The van der Waals surface area contributed by atoms with Crippen LogP contribution in [0.3, 0.4) is 0 Å². The largest absolute Gasteiger partial charge is 0.497 e. The summed E-state index contributed by atoms with van der Waals surface area (Å²) in [6.45, 7) is 1.81. The van der Waals surface area contributed by atoms with Crippen LogP contribution in [-0.2, 0) is 0 Å². The highest BCUT2D eigenvalue weighted by Crippen LogP contribution is 2.18. The molecule has 5 heteroatoms. The molecule has 0 unspecified atom stereocenters. The molecule has 0 aliphatic carbocycles. The van der Waals surface area contributed by atoms with Gasteiger partial charge < -0.3 is 4.74 Å². The van der Waals surface area contributed by atoms with Gasteiger partial charge >= 0.3 is 0 Å². The minimum atomic E-state index is -0.650. The third-order valence-electron chi connectivity index (χ3n) is 2.40. The van der Waals surface area contributed by atoms with E-state index in [0.29, 0.717) is 5.75 Å². The van der Waals surface area contributed by atoms with E-state index in [1.165, 1.54) is 31.6 Å². The summed E-state index contributed by atoms with van der Waals surface area (Å²) < 4.78 is 18.6. The molecule has 0 saturated carbocycles. The van der Waals surface area contributed by atoms with E-state index in [-0.39, 0.29) is 11.4 Å². The highest BCUT2D eigenvalue weighted by molar-refractivity contribution is 6.06. The summed E-state index contributed by atoms with van der Waals surface area (Å²) in [5.74, 6) is -0.864. The Hall–Kier alpha value is -2.30. The summed E-state index contributed by atoms with van der Waals surface area (Å²) in [6, 6.07) is 4.03. The third kappa shape index (κ3) is 2.34. The van der Waals surface area contributed by atoms with Gasteiger partial charge in [-0.25, -0.2) is 14.4 Å². The molecule has 1 aromatic carbocycles. The molecule has 0 spiro atoms. The molecule has 18 heavy (non-hydrogen) atoms. The molecular weight excluding hydrogens is 235 g/mol. The molecule has 0 N–H and O–H groups in total. The van der Waals surface area contributed by atoms with Crippen LogP contribution < -0.4 is 4.74 Å². The molecule has 0 aliphatic rings. The summed E-state index contributed by atoms with van der Waals surface area (Å²) >= 11 is 0. The van der Waals surface area contributed by atoms with Crippen molar-refractivity contribution in [2.45, 2.75) is 6.92 Å². The van der Waals surface area contributed by atoms with Crippen LogP contribution in [-0.4, -0.2) is 22.9 Å². The molecule has 2 aromatic rings. The van der Waals surface area contributed by atoms with Gasteiger partial charge in [-0.05, 0) is 24.6 Å². The maximum Gasteiger partial charge on any atom is 0.233 e. The van der Waals surface area contributed by atoms with Gasteiger partial charge in [-0.2, -0.15) is 0 Å². The van der Waals surface area contributed by atoms with Gasteiger partial charge in [0.05, 0.1) is 12.7 Å². The van der Waals surface area contributed by atoms with E-state index < -0.39 is 11.6 Å². The molecule has 1 aromatic heterocycles. The van der Waals surface area contributed by atoms with E-state index in [1.807, 2.05) is 6.92 Å². The van der Waals surface area contributed by atoms with Crippen LogP contribution in [0.2, 0.25) is 0 Å².